The van der Waals surface area contributed by atoms with Gasteiger partial charge in [-0.25, -0.2) is 9.78 Å². The predicted molar refractivity (Wildman–Crippen MR) is 127 cm³/mol. The van der Waals surface area contributed by atoms with Crippen molar-refractivity contribution in [2.75, 3.05) is 11.9 Å². The molecule has 180 valence electrons. The SMILES string of the molecule is CN(Cc1nc(C2(C)CC2)cc2c1CN(c1cccc(-c3nncn3C3CCC3)n1)C2=O)C(=O)O. The van der Waals surface area contributed by atoms with Crippen LogP contribution in [0.1, 0.15) is 72.4 Å². The van der Waals surface area contributed by atoms with Crippen molar-refractivity contribution in [2.45, 2.75) is 63.6 Å². The molecule has 35 heavy (non-hydrogen) atoms. The average Bonchev–Trinajstić information content (AvgIpc) is 3.23. The molecular weight excluding hydrogens is 446 g/mol. The number of carbonyl (C=O) groups excluding carboxylic acids is 1. The third kappa shape index (κ3) is 3.64. The van der Waals surface area contributed by atoms with Gasteiger partial charge in [-0.05, 0) is 50.3 Å². The lowest BCUT2D eigenvalue weighted by molar-refractivity contribution is 0.0995. The molecule has 4 heterocycles. The Morgan fingerprint density at radius 2 is 2.06 bits per heavy atom. The smallest absolute Gasteiger partial charge is 0.407 e. The van der Waals surface area contributed by atoms with Crippen LogP contribution in [0.4, 0.5) is 10.6 Å². The molecule has 3 aliphatic rings. The molecule has 2 saturated carbocycles. The number of rotatable bonds is 6. The highest BCUT2D eigenvalue weighted by Gasteiger charge is 2.43. The zero-order chi connectivity index (χ0) is 24.3. The molecule has 0 bridgehead atoms. The second kappa shape index (κ2) is 7.86. The number of hydrogen-bond acceptors (Lipinski definition) is 6. The van der Waals surface area contributed by atoms with Crippen molar-refractivity contribution < 1.29 is 14.7 Å². The summed E-state index contributed by atoms with van der Waals surface area (Å²) in [4.78, 5) is 37.6. The van der Waals surface area contributed by atoms with Crippen LogP contribution in [-0.4, -0.2) is 53.8 Å². The van der Waals surface area contributed by atoms with E-state index in [0.29, 0.717) is 41.2 Å². The number of aromatic nitrogens is 5. The first kappa shape index (κ1) is 21.7. The van der Waals surface area contributed by atoms with Crippen LogP contribution in [0, 0.1) is 0 Å². The minimum atomic E-state index is -1.03. The van der Waals surface area contributed by atoms with Crippen LogP contribution >= 0.6 is 0 Å². The van der Waals surface area contributed by atoms with Crippen molar-refractivity contribution in [1.82, 2.24) is 29.6 Å². The van der Waals surface area contributed by atoms with E-state index in [1.54, 1.807) is 11.2 Å². The van der Waals surface area contributed by atoms with Crippen LogP contribution in [0.2, 0.25) is 0 Å². The fraction of sp³-hybridized carbons (Fsp3) is 0.440. The summed E-state index contributed by atoms with van der Waals surface area (Å²) in [5.74, 6) is 1.09. The Morgan fingerprint density at radius 1 is 1.26 bits per heavy atom. The summed E-state index contributed by atoms with van der Waals surface area (Å²) in [5.41, 5.74) is 3.46. The summed E-state index contributed by atoms with van der Waals surface area (Å²) in [5, 5.41) is 17.8. The molecule has 0 radical (unpaired) electrons. The molecule has 2 amide bonds. The summed E-state index contributed by atoms with van der Waals surface area (Å²) >= 11 is 0. The molecule has 2 fully saturated rings. The highest BCUT2D eigenvalue weighted by Crippen LogP contribution is 2.48. The minimum Gasteiger partial charge on any atom is -0.465 e. The second-order valence-corrected chi connectivity index (χ2v) is 10.1. The molecule has 0 saturated heterocycles. The summed E-state index contributed by atoms with van der Waals surface area (Å²) in [7, 11) is 1.51. The lowest BCUT2D eigenvalue weighted by atomic mass is 9.93. The topological polar surface area (TPSA) is 117 Å². The molecule has 1 aliphatic heterocycles. The van der Waals surface area contributed by atoms with Gasteiger partial charge in [0.15, 0.2) is 5.82 Å². The van der Waals surface area contributed by atoms with Crippen molar-refractivity contribution in [2.24, 2.45) is 0 Å². The molecule has 3 aromatic heterocycles. The van der Waals surface area contributed by atoms with Crippen LogP contribution < -0.4 is 4.90 Å². The maximum absolute atomic E-state index is 13.6. The molecule has 1 N–H and O–H groups in total. The highest BCUT2D eigenvalue weighted by atomic mass is 16.4. The zero-order valence-electron chi connectivity index (χ0n) is 19.8. The predicted octanol–water partition coefficient (Wildman–Crippen LogP) is 3.78. The molecule has 0 spiro atoms. The molecule has 10 heteroatoms. The van der Waals surface area contributed by atoms with E-state index in [1.807, 2.05) is 24.3 Å². The van der Waals surface area contributed by atoms with Crippen LogP contribution in [-0.2, 0) is 18.5 Å². The van der Waals surface area contributed by atoms with Crippen LogP contribution in [0.3, 0.4) is 0 Å². The normalized spacial score (nSPS) is 18.3. The minimum absolute atomic E-state index is 0.0525. The van der Waals surface area contributed by atoms with Gasteiger partial charge in [0.25, 0.3) is 5.91 Å². The van der Waals surface area contributed by atoms with Crippen LogP contribution in [0.25, 0.3) is 11.5 Å². The lowest BCUT2D eigenvalue weighted by Gasteiger charge is -2.27. The monoisotopic (exact) mass is 473 g/mol. The standard InChI is InChI=1S/C25H27N7O3/c1-25(9-10-25)20-11-16-17(19(27-20)13-30(2)24(34)35)12-31(23(16)33)21-8-4-7-18(28-21)22-29-26-14-32(22)15-5-3-6-15/h4,7-8,11,14-15H,3,5-6,9-10,12-13H2,1-2H3,(H,34,35). The van der Waals surface area contributed by atoms with Gasteiger partial charge in [0.05, 0.1) is 18.8 Å². The molecule has 0 atom stereocenters. The van der Waals surface area contributed by atoms with E-state index in [9.17, 15) is 14.7 Å². The second-order valence-electron chi connectivity index (χ2n) is 10.1. The molecule has 0 unspecified atom stereocenters. The lowest BCUT2D eigenvalue weighted by Crippen LogP contribution is -2.26. The van der Waals surface area contributed by atoms with Gasteiger partial charge in [0.2, 0.25) is 0 Å². The van der Waals surface area contributed by atoms with Gasteiger partial charge < -0.3 is 14.6 Å². The molecule has 0 aromatic carbocycles. The fourth-order valence-electron chi connectivity index (χ4n) is 4.78. The van der Waals surface area contributed by atoms with E-state index in [0.717, 1.165) is 36.9 Å². The first-order valence-electron chi connectivity index (χ1n) is 12.0. The Kier molecular flexibility index (Phi) is 4.87. The number of amides is 2. The molecule has 2 aliphatic carbocycles. The summed E-state index contributed by atoms with van der Waals surface area (Å²) < 4.78 is 2.07. The van der Waals surface area contributed by atoms with Gasteiger partial charge in [0, 0.05) is 35.3 Å². The quantitative estimate of drug-likeness (QED) is 0.579. The zero-order valence-corrected chi connectivity index (χ0v) is 19.8. The van der Waals surface area contributed by atoms with Crippen molar-refractivity contribution in [1.29, 1.82) is 0 Å². The Hall–Kier alpha value is -3.82. The molecule has 10 nitrogen and oxygen atoms in total. The Balaban J connectivity index is 1.36. The molecule has 3 aromatic rings. The van der Waals surface area contributed by atoms with Gasteiger partial charge in [-0.3, -0.25) is 14.7 Å². The van der Waals surface area contributed by atoms with Gasteiger partial charge in [0.1, 0.15) is 17.8 Å². The largest absolute Gasteiger partial charge is 0.465 e. The number of carbonyl (C=O) groups is 2. The van der Waals surface area contributed by atoms with Gasteiger partial charge in [-0.1, -0.05) is 13.0 Å². The van der Waals surface area contributed by atoms with E-state index in [4.69, 9.17) is 9.97 Å². The fourth-order valence-corrected chi connectivity index (χ4v) is 4.78. The Labute approximate surface area is 202 Å². The first-order valence-corrected chi connectivity index (χ1v) is 12.0. The maximum atomic E-state index is 13.6. The molecular formula is C25H27N7O3. The van der Waals surface area contributed by atoms with E-state index in [1.165, 1.54) is 18.4 Å². The Morgan fingerprint density at radius 3 is 2.74 bits per heavy atom. The van der Waals surface area contributed by atoms with Crippen LogP contribution in [0.5, 0.6) is 0 Å². The maximum Gasteiger partial charge on any atom is 0.407 e. The van der Waals surface area contributed by atoms with Gasteiger partial charge in [-0.2, -0.15) is 0 Å². The number of carboxylic acid groups (broad SMARTS) is 1. The Bertz CT molecular complexity index is 1340. The van der Waals surface area contributed by atoms with E-state index in [-0.39, 0.29) is 17.9 Å². The van der Waals surface area contributed by atoms with Crippen molar-refractivity contribution in [3.05, 3.63) is 53.1 Å². The van der Waals surface area contributed by atoms with Crippen molar-refractivity contribution >= 4 is 17.8 Å². The molecule has 6 rings (SSSR count). The number of fused-ring (bicyclic) bond motifs is 1. The number of nitrogens with zero attached hydrogens (tertiary/aromatic N) is 7. The van der Waals surface area contributed by atoms with E-state index < -0.39 is 6.09 Å². The van der Waals surface area contributed by atoms with Crippen molar-refractivity contribution in [3.63, 3.8) is 0 Å². The van der Waals surface area contributed by atoms with Crippen LogP contribution in [0.15, 0.2) is 30.6 Å². The third-order valence-electron chi connectivity index (χ3n) is 7.61. The average molecular weight is 474 g/mol. The van der Waals surface area contributed by atoms with Crippen molar-refractivity contribution in [3.8, 4) is 11.5 Å². The number of hydrogen-bond donors (Lipinski definition) is 1. The van der Waals surface area contributed by atoms with E-state index in [2.05, 4.69) is 21.7 Å². The summed E-state index contributed by atoms with van der Waals surface area (Å²) in [6.45, 7) is 2.56. The number of anilines is 1. The first-order chi connectivity index (χ1) is 16.8. The summed E-state index contributed by atoms with van der Waals surface area (Å²) in [6, 6.07) is 7.87. The highest BCUT2D eigenvalue weighted by molar-refractivity contribution is 6.10. The summed E-state index contributed by atoms with van der Waals surface area (Å²) in [6.07, 6.45) is 6.15. The third-order valence-corrected chi connectivity index (χ3v) is 7.61. The van der Waals surface area contributed by atoms with Gasteiger partial charge >= 0.3 is 6.09 Å². The van der Waals surface area contributed by atoms with E-state index >= 15 is 0 Å². The van der Waals surface area contributed by atoms with Gasteiger partial charge in [-0.15, -0.1) is 10.2 Å². The number of pyridine rings is 2.